The SMILES string of the molecule is O=C(O)C(COc1cccc2cccnc12)NC1CC1. The summed E-state index contributed by atoms with van der Waals surface area (Å²) < 4.78 is 5.67. The molecule has 1 aromatic heterocycles. The van der Waals surface area contributed by atoms with Crippen LogP contribution < -0.4 is 10.1 Å². The van der Waals surface area contributed by atoms with Crippen LogP contribution in [0, 0.1) is 0 Å². The first-order valence-corrected chi connectivity index (χ1v) is 6.69. The van der Waals surface area contributed by atoms with Crippen LogP contribution in [0.2, 0.25) is 0 Å². The molecule has 1 unspecified atom stereocenters. The maximum Gasteiger partial charge on any atom is 0.324 e. The average molecular weight is 272 g/mol. The van der Waals surface area contributed by atoms with Crippen molar-refractivity contribution < 1.29 is 14.6 Å². The first-order chi connectivity index (χ1) is 9.74. The zero-order valence-electron chi connectivity index (χ0n) is 11.0. The molecule has 0 amide bonds. The molecule has 0 bridgehead atoms. The second-order valence-electron chi connectivity index (χ2n) is 4.97. The van der Waals surface area contributed by atoms with Gasteiger partial charge < -0.3 is 9.84 Å². The second kappa shape index (κ2) is 5.46. The van der Waals surface area contributed by atoms with Crippen LogP contribution in [0.5, 0.6) is 5.75 Å². The maximum absolute atomic E-state index is 11.2. The van der Waals surface area contributed by atoms with Gasteiger partial charge in [-0.25, -0.2) is 0 Å². The molecule has 5 heteroatoms. The lowest BCUT2D eigenvalue weighted by Gasteiger charge is -2.15. The summed E-state index contributed by atoms with van der Waals surface area (Å²) in [7, 11) is 0. The number of carboxylic acid groups (broad SMARTS) is 1. The number of ether oxygens (including phenoxy) is 1. The van der Waals surface area contributed by atoms with Gasteiger partial charge in [0, 0.05) is 17.6 Å². The molecule has 0 spiro atoms. The number of carbonyl (C=O) groups is 1. The number of nitrogens with zero attached hydrogens (tertiary/aromatic N) is 1. The summed E-state index contributed by atoms with van der Waals surface area (Å²) in [5.41, 5.74) is 0.755. The highest BCUT2D eigenvalue weighted by Gasteiger charge is 2.28. The number of hydrogen-bond donors (Lipinski definition) is 2. The smallest absolute Gasteiger partial charge is 0.324 e. The molecule has 3 rings (SSSR count). The number of rotatable bonds is 6. The van der Waals surface area contributed by atoms with Crippen molar-refractivity contribution in [1.82, 2.24) is 10.3 Å². The molecule has 1 aliphatic rings. The molecular formula is C15H16N2O3. The number of aromatic nitrogens is 1. The summed E-state index contributed by atoms with van der Waals surface area (Å²) in [6.07, 6.45) is 3.78. The number of hydrogen-bond acceptors (Lipinski definition) is 4. The fourth-order valence-electron chi connectivity index (χ4n) is 2.09. The lowest BCUT2D eigenvalue weighted by atomic mass is 10.2. The highest BCUT2D eigenvalue weighted by molar-refractivity contribution is 5.84. The van der Waals surface area contributed by atoms with E-state index in [-0.39, 0.29) is 6.61 Å². The number of carboxylic acids is 1. The molecule has 0 aliphatic heterocycles. The highest BCUT2D eigenvalue weighted by Crippen LogP contribution is 2.23. The summed E-state index contributed by atoms with van der Waals surface area (Å²) in [5.74, 6) is -0.267. The molecule has 1 atom stereocenters. The molecule has 1 aliphatic carbocycles. The molecular weight excluding hydrogens is 256 g/mol. The van der Waals surface area contributed by atoms with Crippen molar-refractivity contribution in [3.8, 4) is 5.75 Å². The Morgan fingerprint density at radius 3 is 2.95 bits per heavy atom. The number of para-hydroxylation sites is 1. The van der Waals surface area contributed by atoms with Gasteiger partial charge in [-0.15, -0.1) is 0 Å². The Labute approximate surface area is 116 Å². The van der Waals surface area contributed by atoms with Crippen LogP contribution in [-0.4, -0.2) is 34.8 Å². The van der Waals surface area contributed by atoms with Crippen molar-refractivity contribution in [3.63, 3.8) is 0 Å². The normalized spacial score (nSPS) is 16.0. The molecule has 1 fully saturated rings. The van der Waals surface area contributed by atoms with Crippen LogP contribution in [0.1, 0.15) is 12.8 Å². The van der Waals surface area contributed by atoms with E-state index >= 15 is 0 Å². The minimum absolute atomic E-state index is 0.0987. The first kappa shape index (κ1) is 12.9. The zero-order valence-corrected chi connectivity index (χ0v) is 11.0. The zero-order chi connectivity index (χ0) is 13.9. The van der Waals surface area contributed by atoms with Crippen LogP contribution in [0.25, 0.3) is 10.9 Å². The quantitative estimate of drug-likeness (QED) is 0.839. The Hall–Kier alpha value is -2.14. The average Bonchev–Trinajstić information content (AvgIpc) is 3.27. The molecule has 1 aromatic carbocycles. The van der Waals surface area contributed by atoms with E-state index in [0.29, 0.717) is 11.8 Å². The Balaban J connectivity index is 1.73. The van der Waals surface area contributed by atoms with Gasteiger partial charge in [0.25, 0.3) is 0 Å². The van der Waals surface area contributed by atoms with Crippen LogP contribution in [0.3, 0.4) is 0 Å². The highest BCUT2D eigenvalue weighted by atomic mass is 16.5. The number of pyridine rings is 1. The Bertz CT molecular complexity index is 620. The third kappa shape index (κ3) is 2.88. The minimum atomic E-state index is -0.884. The van der Waals surface area contributed by atoms with Crippen LogP contribution in [-0.2, 0) is 4.79 Å². The predicted molar refractivity (Wildman–Crippen MR) is 74.8 cm³/mol. The minimum Gasteiger partial charge on any atom is -0.489 e. The van der Waals surface area contributed by atoms with E-state index < -0.39 is 12.0 Å². The fourth-order valence-corrected chi connectivity index (χ4v) is 2.09. The standard InChI is InChI=1S/C15H16N2O3/c18-15(19)12(17-11-6-7-11)9-20-13-5-1-3-10-4-2-8-16-14(10)13/h1-5,8,11-12,17H,6-7,9H2,(H,18,19). The van der Waals surface area contributed by atoms with E-state index in [1.807, 2.05) is 30.3 Å². The van der Waals surface area contributed by atoms with Gasteiger partial charge in [-0.2, -0.15) is 0 Å². The van der Waals surface area contributed by atoms with Crippen molar-refractivity contribution in [2.45, 2.75) is 24.9 Å². The third-order valence-corrected chi connectivity index (χ3v) is 3.31. The lowest BCUT2D eigenvalue weighted by molar-refractivity contribution is -0.140. The van der Waals surface area contributed by atoms with Gasteiger partial charge in [0.15, 0.2) is 0 Å². The number of aliphatic carboxylic acids is 1. The summed E-state index contributed by atoms with van der Waals surface area (Å²) in [4.78, 5) is 15.5. The second-order valence-corrected chi connectivity index (χ2v) is 4.97. The van der Waals surface area contributed by atoms with Crippen LogP contribution in [0.4, 0.5) is 0 Å². The Kier molecular flexibility index (Phi) is 3.52. The molecule has 0 saturated heterocycles. The van der Waals surface area contributed by atoms with Gasteiger partial charge >= 0.3 is 5.97 Å². The molecule has 20 heavy (non-hydrogen) atoms. The lowest BCUT2D eigenvalue weighted by Crippen LogP contribution is -2.42. The van der Waals surface area contributed by atoms with Gasteiger partial charge in [-0.05, 0) is 25.0 Å². The Morgan fingerprint density at radius 1 is 1.40 bits per heavy atom. The first-order valence-electron chi connectivity index (χ1n) is 6.69. The van der Waals surface area contributed by atoms with Crippen molar-refractivity contribution >= 4 is 16.9 Å². The van der Waals surface area contributed by atoms with E-state index in [2.05, 4.69) is 10.3 Å². The summed E-state index contributed by atoms with van der Waals surface area (Å²) in [6, 6.07) is 9.10. The largest absolute Gasteiger partial charge is 0.489 e. The maximum atomic E-state index is 11.2. The molecule has 0 radical (unpaired) electrons. The van der Waals surface area contributed by atoms with Crippen molar-refractivity contribution in [3.05, 3.63) is 36.5 Å². The van der Waals surface area contributed by atoms with Crippen molar-refractivity contribution in [1.29, 1.82) is 0 Å². The van der Waals surface area contributed by atoms with Crippen molar-refractivity contribution in [2.75, 3.05) is 6.61 Å². The predicted octanol–water partition coefficient (Wildman–Crippen LogP) is 1.82. The monoisotopic (exact) mass is 272 g/mol. The van der Waals surface area contributed by atoms with E-state index in [1.165, 1.54) is 0 Å². The van der Waals surface area contributed by atoms with E-state index in [1.54, 1.807) is 6.20 Å². The molecule has 2 aromatic rings. The summed E-state index contributed by atoms with van der Waals surface area (Å²) >= 11 is 0. The van der Waals surface area contributed by atoms with Gasteiger partial charge in [0.1, 0.15) is 23.9 Å². The summed E-state index contributed by atoms with van der Waals surface area (Å²) in [6.45, 7) is 0.0987. The van der Waals surface area contributed by atoms with E-state index in [9.17, 15) is 9.90 Å². The van der Waals surface area contributed by atoms with Crippen LogP contribution >= 0.6 is 0 Å². The van der Waals surface area contributed by atoms with Gasteiger partial charge in [-0.1, -0.05) is 18.2 Å². The molecule has 104 valence electrons. The number of nitrogens with one attached hydrogen (secondary N) is 1. The van der Waals surface area contributed by atoms with Gasteiger partial charge in [0.05, 0.1) is 0 Å². The van der Waals surface area contributed by atoms with Crippen molar-refractivity contribution in [2.24, 2.45) is 0 Å². The topological polar surface area (TPSA) is 71.5 Å². The fraction of sp³-hybridized carbons (Fsp3) is 0.333. The van der Waals surface area contributed by atoms with Gasteiger partial charge in [-0.3, -0.25) is 15.1 Å². The molecule has 1 saturated carbocycles. The molecule has 5 nitrogen and oxygen atoms in total. The van der Waals surface area contributed by atoms with E-state index in [0.717, 1.165) is 23.7 Å². The molecule has 2 N–H and O–H groups in total. The van der Waals surface area contributed by atoms with E-state index in [4.69, 9.17) is 4.74 Å². The van der Waals surface area contributed by atoms with Gasteiger partial charge in [0.2, 0.25) is 0 Å². The Morgan fingerprint density at radius 2 is 2.20 bits per heavy atom. The third-order valence-electron chi connectivity index (χ3n) is 3.31. The number of fused-ring (bicyclic) bond motifs is 1. The van der Waals surface area contributed by atoms with Crippen LogP contribution in [0.15, 0.2) is 36.5 Å². The number of benzene rings is 1. The molecule has 1 heterocycles. The summed E-state index contributed by atoms with van der Waals surface area (Å²) in [5, 5.41) is 13.2.